The minimum Gasteiger partial charge on any atom is -0.508 e. The van der Waals surface area contributed by atoms with Gasteiger partial charge in [0.1, 0.15) is 12.4 Å². The molecule has 2 rings (SSSR count). The lowest BCUT2D eigenvalue weighted by molar-refractivity contribution is 0.284. The smallest absolute Gasteiger partial charge is 0.161 e. The normalized spacial score (nSPS) is 12.0. The fraction of sp³-hybridized carbons (Fsp3) is 0.294. The summed E-state index contributed by atoms with van der Waals surface area (Å²) in [7, 11) is 1.62. The maximum absolute atomic E-state index is 9.44. The second kappa shape index (κ2) is 6.99. The molecule has 0 fully saturated rings. The number of hydrogen-bond acceptors (Lipinski definition) is 4. The van der Waals surface area contributed by atoms with Gasteiger partial charge in [-0.05, 0) is 48.7 Å². The summed E-state index contributed by atoms with van der Waals surface area (Å²) in [6.45, 7) is 2.34. The van der Waals surface area contributed by atoms with Crippen LogP contribution >= 0.6 is 0 Å². The summed E-state index contributed by atoms with van der Waals surface area (Å²) in [5.74, 6) is 1.60. The van der Waals surface area contributed by atoms with E-state index in [2.05, 4.69) is 0 Å². The number of hydrogen-bond donors (Lipinski definition) is 2. The maximum atomic E-state index is 9.44. The molecule has 0 amide bonds. The molecular formula is C17H21NO3. The van der Waals surface area contributed by atoms with Crippen LogP contribution in [0.3, 0.4) is 0 Å². The molecule has 0 saturated heterocycles. The fourth-order valence-electron chi connectivity index (χ4n) is 2.14. The molecule has 21 heavy (non-hydrogen) atoms. The van der Waals surface area contributed by atoms with Crippen LogP contribution in [-0.2, 0) is 13.0 Å². The molecule has 4 nitrogen and oxygen atoms in total. The van der Waals surface area contributed by atoms with E-state index in [1.54, 1.807) is 25.3 Å². The molecule has 0 saturated carbocycles. The summed E-state index contributed by atoms with van der Waals surface area (Å²) >= 11 is 0. The summed E-state index contributed by atoms with van der Waals surface area (Å²) in [5.41, 5.74) is 7.82. The highest BCUT2D eigenvalue weighted by Gasteiger charge is 2.07. The van der Waals surface area contributed by atoms with Gasteiger partial charge in [-0.25, -0.2) is 0 Å². The molecule has 0 spiro atoms. The highest BCUT2D eigenvalue weighted by molar-refractivity contribution is 5.43. The molecule has 0 aliphatic carbocycles. The van der Waals surface area contributed by atoms with Crippen LogP contribution < -0.4 is 15.2 Å². The molecule has 0 heterocycles. The SMILES string of the molecule is COc1cc(CC(C)N)ccc1OCc1cccc(O)c1. The van der Waals surface area contributed by atoms with Crippen molar-refractivity contribution < 1.29 is 14.6 Å². The Morgan fingerprint density at radius 2 is 1.90 bits per heavy atom. The van der Waals surface area contributed by atoms with Crippen LogP contribution in [0.5, 0.6) is 17.2 Å². The Morgan fingerprint density at radius 1 is 1.10 bits per heavy atom. The molecule has 2 aromatic carbocycles. The zero-order valence-electron chi connectivity index (χ0n) is 12.4. The summed E-state index contributed by atoms with van der Waals surface area (Å²) < 4.78 is 11.1. The lowest BCUT2D eigenvalue weighted by Gasteiger charge is -2.13. The van der Waals surface area contributed by atoms with E-state index in [1.165, 1.54) is 0 Å². The predicted molar refractivity (Wildman–Crippen MR) is 82.8 cm³/mol. The first-order chi connectivity index (χ1) is 10.1. The third-order valence-corrected chi connectivity index (χ3v) is 3.09. The summed E-state index contributed by atoms with van der Waals surface area (Å²) in [6, 6.07) is 12.9. The average molecular weight is 287 g/mol. The summed E-state index contributed by atoms with van der Waals surface area (Å²) in [5, 5.41) is 9.44. The Morgan fingerprint density at radius 3 is 2.57 bits per heavy atom. The van der Waals surface area contributed by atoms with Gasteiger partial charge in [0.25, 0.3) is 0 Å². The maximum Gasteiger partial charge on any atom is 0.161 e. The number of benzene rings is 2. The van der Waals surface area contributed by atoms with Gasteiger partial charge in [-0.3, -0.25) is 0 Å². The van der Waals surface area contributed by atoms with Gasteiger partial charge in [-0.2, -0.15) is 0 Å². The largest absolute Gasteiger partial charge is 0.508 e. The third-order valence-electron chi connectivity index (χ3n) is 3.09. The molecule has 0 aromatic heterocycles. The monoisotopic (exact) mass is 287 g/mol. The molecule has 2 aromatic rings. The van der Waals surface area contributed by atoms with Crippen molar-refractivity contribution in [2.24, 2.45) is 5.73 Å². The van der Waals surface area contributed by atoms with E-state index in [0.717, 1.165) is 17.5 Å². The van der Waals surface area contributed by atoms with Crippen LogP contribution in [0.1, 0.15) is 18.1 Å². The fourth-order valence-corrected chi connectivity index (χ4v) is 2.14. The number of methoxy groups -OCH3 is 1. The van der Waals surface area contributed by atoms with Crippen LogP contribution in [0.15, 0.2) is 42.5 Å². The molecule has 1 atom stereocenters. The van der Waals surface area contributed by atoms with E-state index in [0.29, 0.717) is 18.1 Å². The second-order valence-corrected chi connectivity index (χ2v) is 5.13. The van der Waals surface area contributed by atoms with Crippen LogP contribution in [-0.4, -0.2) is 18.3 Å². The van der Waals surface area contributed by atoms with E-state index >= 15 is 0 Å². The molecule has 4 heteroatoms. The van der Waals surface area contributed by atoms with Gasteiger partial charge in [0.2, 0.25) is 0 Å². The zero-order valence-corrected chi connectivity index (χ0v) is 12.4. The standard InChI is InChI=1S/C17H21NO3/c1-12(18)8-13-6-7-16(17(10-13)20-2)21-11-14-4-3-5-15(19)9-14/h3-7,9-10,12,19H,8,11,18H2,1-2H3. The lowest BCUT2D eigenvalue weighted by atomic mass is 10.1. The highest BCUT2D eigenvalue weighted by atomic mass is 16.5. The molecular weight excluding hydrogens is 266 g/mol. The molecule has 0 aliphatic heterocycles. The average Bonchev–Trinajstić information content (AvgIpc) is 2.45. The first-order valence-electron chi connectivity index (χ1n) is 6.91. The van der Waals surface area contributed by atoms with Crippen molar-refractivity contribution in [2.45, 2.75) is 26.0 Å². The summed E-state index contributed by atoms with van der Waals surface area (Å²) in [6.07, 6.45) is 0.795. The third kappa shape index (κ3) is 4.39. The lowest BCUT2D eigenvalue weighted by Crippen LogP contribution is -2.17. The van der Waals surface area contributed by atoms with Crippen LogP contribution in [0.2, 0.25) is 0 Å². The molecule has 112 valence electrons. The van der Waals surface area contributed by atoms with Crippen LogP contribution in [0.25, 0.3) is 0 Å². The predicted octanol–water partition coefficient (Wildman–Crippen LogP) is 2.87. The van der Waals surface area contributed by atoms with Gasteiger partial charge >= 0.3 is 0 Å². The zero-order chi connectivity index (χ0) is 15.2. The van der Waals surface area contributed by atoms with E-state index < -0.39 is 0 Å². The van der Waals surface area contributed by atoms with Crippen molar-refractivity contribution >= 4 is 0 Å². The number of phenolic OH excluding ortho intramolecular Hbond substituents is 1. The molecule has 3 N–H and O–H groups in total. The highest BCUT2D eigenvalue weighted by Crippen LogP contribution is 2.29. The number of phenols is 1. The van der Waals surface area contributed by atoms with Crippen molar-refractivity contribution in [3.05, 3.63) is 53.6 Å². The topological polar surface area (TPSA) is 64.7 Å². The molecule has 0 aliphatic rings. The van der Waals surface area contributed by atoms with Gasteiger partial charge in [0.05, 0.1) is 7.11 Å². The minimum absolute atomic E-state index is 0.105. The number of rotatable bonds is 6. The Bertz CT molecular complexity index is 596. The Balaban J connectivity index is 2.09. The van der Waals surface area contributed by atoms with E-state index in [-0.39, 0.29) is 11.8 Å². The second-order valence-electron chi connectivity index (χ2n) is 5.13. The van der Waals surface area contributed by atoms with Gasteiger partial charge < -0.3 is 20.3 Å². The first kappa shape index (κ1) is 15.2. The first-order valence-corrected chi connectivity index (χ1v) is 6.91. The van der Waals surface area contributed by atoms with Crippen molar-refractivity contribution in [3.63, 3.8) is 0 Å². The van der Waals surface area contributed by atoms with E-state index in [1.807, 2.05) is 31.2 Å². The summed E-state index contributed by atoms with van der Waals surface area (Å²) in [4.78, 5) is 0. The molecule has 0 radical (unpaired) electrons. The van der Waals surface area contributed by atoms with Crippen LogP contribution in [0, 0.1) is 0 Å². The van der Waals surface area contributed by atoms with Crippen molar-refractivity contribution in [1.29, 1.82) is 0 Å². The Hall–Kier alpha value is -2.20. The van der Waals surface area contributed by atoms with Crippen LogP contribution in [0.4, 0.5) is 0 Å². The van der Waals surface area contributed by atoms with Gasteiger partial charge in [0.15, 0.2) is 11.5 Å². The van der Waals surface area contributed by atoms with E-state index in [4.69, 9.17) is 15.2 Å². The van der Waals surface area contributed by atoms with Gasteiger partial charge in [-0.1, -0.05) is 18.2 Å². The molecule has 0 bridgehead atoms. The van der Waals surface area contributed by atoms with Gasteiger partial charge in [0, 0.05) is 6.04 Å². The molecule has 1 unspecified atom stereocenters. The number of aromatic hydroxyl groups is 1. The number of ether oxygens (including phenoxy) is 2. The number of nitrogens with two attached hydrogens (primary N) is 1. The van der Waals surface area contributed by atoms with Crippen molar-refractivity contribution in [2.75, 3.05) is 7.11 Å². The quantitative estimate of drug-likeness (QED) is 0.857. The Labute approximate surface area is 125 Å². The van der Waals surface area contributed by atoms with Gasteiger partial charge in [-0.15, -0.1) is 0 Å². The minimum atomic E-state index is 0.105. The van der Waals surface area contributed by atoms with E-state index in [9.17, 15) is 5.11 Å². The van der Waals surface area contributed by atoms with Crippen molar-refractivity contribution in [3.8, 4) is 17.2 Å². The Kier molecular flexibility index (Phi) is 5.06. The van der Waals surface area contributed by atoms with Crippen molar-refractivity contribution in [1.82, 2.24) is 0 Å².